The van der Waals surface area contributed by atoms with Crippen LogP contribution < -0.4 is 11.2 Å². The Morgan fingerprint density at radius 3 is 2.58 bits per heavy atom. The molecule has 1 heterocycles. The van der Waals surface area contributed by atoms with Gasteiger partial charge in [0.25, 0.3) is 0 Å². The van der Waals surface area contributed by atoms with Crippen LogP contribution in [0.4, 0.5) is 10.8 Å². The van der Waals surface area contributed by atoms with Crippen LogP contribution in [0.1, 0.15) is 12.5 Å². The molecule has 0 spiro atoms. The normalized spacial score (nSPS) is 11.7. The van der Waals surface area contributed by atoms with Crippen molar-refractivity contribution in [2.24, 2.45) is 5.10 Å². The lowest BCUT2D eigenvalue weighted by atomic mass is 10.1. The molecule has 0 atom stereocenters. The highest BCUT2D eigenvalue weighted by Crippen LogP contribution is 2.27. The fraction of sp³-hybridized carbons (Fsp3) is 0.0476. The van der Waals surface area contributed by atoms with Gasteiger partial charge in [-0.25, -0.2) is 4.98 Å². The SMILES string of the molecule is C/C(=N/Nc1nc(-c2ccc3ccccc3c2)cs1)c1ccc(N)cc1. The molecule has 1 aromatic heterocycles. The Bertz CT molecular complexity index is 1080. The molecule has 128 valence electrons. The highest BCUT2D eigenvalue weighted by atomic mass is 32.1. The van der Waals surface area contributed by atoms with Crippen molar-refractivity contribution in [3.63, 3.8) is 0 Å². The predicted molar refractivity (Wildman–Crippen MR) is 112 cm³/mol. The van der Waals surface area contributed by atoms with E-state index in [-0.39, 0.29) is 0 Å². The summed E-state index contributed by atoms with van der Waals surface area (Å²) in [5, 5.41) is 9.68. The molecule has 5 heteroatoms. The minimum absolute atomic E-state index is 0.745. The first kappa shape index (κ1) is 16.3. The van der Waals surface area contributed by atoms with Crippen molar-refractivity contribution in [2.45, 2.75) is 6.92 Å². The molecule has 4 aromatic rings. The third-order valence-electron chi connectivity index (χ3n) is 4.20. The number of hydrogen-bond donors (Lipinski definition) is 2. The standard InChI is InChI=1S/C21H18N4S/c1-14(15-8-10-19(22)11-9-15)24-25-21-23-20(13-26-21)18-7-6-16-4-2-3-5-17(16)12-18/h2-13H,22H2,1H3,(H,23,25)/b24-14-. The molecule has 0 bridgehead atoms. The number of rotatable bonds is 4. The van der Waals surface area contributed by atoms with E-state index in [2.05, 4.69) is 51.9 Å². The summed E-state index contributed by atoms with van der Waals surface area (Å²) >= 11 is 1.54. The van der Waals surface area contributed by atoms with Gasteiger partial charge in [0.05, 0.1) is 11.4 Å². The molecule has 26 heavy (non-hydrogen) atoms. The fourth-order valence-electron chi connectivity index (χ4n) is 2.73. The van der Waals surface area contributed by atoms with Crippen LogP contribution in [0.3, 0.4) is 0 Å². The van der Waals surface area contributed by atoms with E-state index in [0.717, 1.165) is 33.4 Å². The minimum atomic E-state index is 0.745. The van der Waals surface area contributed by atoms with Gasteiger partial charge in [-0.1, -0.05) is 48.5 Å². The number of hydrogen-bond acceptors (Lipinski definition) is 5. The van der Waals surface area contributed by atoms with E-state index in [0.29, 0.717) is 0 Å². The van der Waals surface area contributed by atoms with Crippen LogP contribution in [0.15, 0.2) is 77.2 Å². The number of anilines is 2. The van der Waals surface area contributed by atoms with Gasteiger partial charge in [0, 0.05) is 16.6 Å². The van der Waals surface area contributed by atoms with Gasteiger partial charge in [-0.05, 0) is 41.5 Å². The number of fused-ring (bicyclic) bond motifs is 1. The number of hydrazone groups is 1. The summed E-state index contributed by atoms with van der Waals surface area (Å²) in [7, 11) is 0. The number of nitrogens with one attached hydrogen (secondary N) is 1. The summed E-state index contributed by atoms with van der Waals surface area (Å²) in [6, 6.07) is 22.4. The van der Waals surface area contributed by atoms with E-state index in [1.165, 1.54) is 10.8 Å². The lowest BCUT2D eigenvalue weighted by molar-refractivity contribution is 1.27. The molecule has 4 nitrogen and oxygen atoms in total. The van der Waals surface area contributed by atoms with E-state index < -0.39 is 0 Å². The molecule has 0 saturated heterocycles. The quantitative estimate of drug-likeness (QED) is 0.292. The largest absolute Gasteiger partial charge is 0.399 e. The van der Waals surface area contributed by atoms with Gasteiger partial charge in [0.2, 0.25) is 5.13 Å². The maximum Gasteiger partial charge on any atom is 0.203 e. The molecule has 0 aliphatic carbocycles. The van der Waals surface area contributed by atoms with Crippen LogP contribution in [0.2, 0.25) is 0 Å². The Hall–Kier alpha value is -3.18. The number of nitrogens with two attached hydrogens (primary N) is 1. The third-order valence-corrected chi connectivity index (χ3v) is 4.94. The second-order valence-electron chi connectivity index (χ2n) is 6.03. The average molecular weight is 358 g/mol. The van der Waals surface area contributed by atoms with Crippen LogP contribution in [-0.4, -0.2) is 10.7 Å². The summed E-state index contributed by atoms with van der Waals surface area (Å²) < 4.78 is 0. The van der Waals surface area contributed by atoms with Crippen molar-refractivity contribution < 1.29 is 0 Å². The van der Waals surface area contributed by atoms with Crippen molar-refractivity contribution >= 4 is 38.6 Å². The van der Waals surface area contributed by atoms with E-state index in [1.807, 2.05) is 42.6 Å². The average Bonchev–Trinajstić information content (AvgIpc) is 3.15. The van der Waals surface area contributed by atoms with Crippen molar-refractivity contribution in [3.8, 4) is 11.3 Å². The number of nitrogen functional groups attached to an aromatic ring is 1. The second kappa shape index (κ2) is 6.98. The number of nitrogens with zero attached hydrogens (tertiary/aromatic N) is 2. The Morgan fingerprint density at radius 1 is 1.00 bits per heavy atom. The van der Waals surface area contributed by atoms with Crippen LogP contribution >= 0.6 is 11.3 Å². The Morgan fingerprint density at radius 2 is 1.77 bits per heavy atom. The molecule has 0 unspecified atom stereocenters. The molecule has 0 radical (unpaired) electrons. The highest BCUT2D eigenvalue weighted by Gasteiger charge is 2.05. The minimum Gasteiger partial charge on any atom is -0.399 e. The van der Waals surface area contributed by atoms with Gasteiger partial charge in [-0.15, -0.1) is 11.3 Å². The molecular weight excluding hydrogens is 340 g/mol. The van der Waals surface area contributed by atoms with Gasteiger partial charge in [-0.2, -0.15) is 5.10 Å². The first-order valence-electron chi connectivity index (χ1n) is 8.30. The van der Waals surface area contributed by atoms with Gasteiger partial charge >= 0.3 is 0 Å². The van der Waals surface area contributed by atoms with Crippen LogP contribution in [0.5, 0.6) is 0 Å². The van der Waals surface area contributed by atoms with E-state index in [1.54, 1.807) is 11.3 Å². The number of benzene rings is 3. The lowest BCUT2D eigenvalue weighted by Gasteiger charge is -2.02. The predicted octanol–water partition coefficient (Wildman–Crippen LogP) is 5.38. The van der Waals surface area contributed by atoms with Crippen LogP contribution in [0.25, 0.3) is 22.0 Å². The number of aromatic nitrogens is 1. The maximum atomic E-state index is 5.72. The molecule has 3 aromatic carbocycles. The van der Waals surface area contributed by atoms with Crippen LogP contribution in [0, 0.1) is 0 Å². The van der Waals surface area contributed by atoms with Gasteiger partial charge < -0.3 is 5.73 Å². The Labute approximate surface area is 156 Å². The summed E-state index contributed by atoms with van der Waals surface area (Å²) in [4.78, 5) is 4.65. The van der Waals surface area contributed by atoms with Gasteiger partial charge in [0.15, 0.2) is 0 Å². The van der Waals surface area contributed by atoms with Crippen molar-refractivity contribution in [3.05, 3.63) is 77.7 Å². The smallest absolute Gasteiger partial charge is 0.203 e. The topological polar surface area (TPSA) is 63.3 Å². The highest BCUT2D eigenvalue weighted by molar-refractivity contribution is 7.14. The molecule has 0 amide bonds. The fourth-order valence-corrected chi connectivity index (χ4v) is 3.39. The maximum absolute atomic E-state index is 5.72. The van der Waals surface area contributed by atoms with Crippen molar-refractivity contribution in [1.82, 2.24) is 4.98 Å². The van der Waals surface area contributed by atoms with Gasteiger partial charge in [-0.3, -0.25) is 5.43 Å². The molecule has 4 rings (SSSR count). The van der Waals surface area contributed by atoms with Crippen LogP contribution in [-0.2, 0) is 0 Å². The molecular formula is C21H18N4S. The summed E-state index contributed by atoms with van der Waals surface area (Å²) in [5.41, 5.74) is 13.5. The van der Waals surface area contributed by atoms with E-state index >= 15 is 0 Å². The molecule has 0 fully saturated rings. The van der Waals surface area contributed by atoms with Crippen molar-refractivity contribution in [2.75, 3.05) is 11.2 Å². The molecule has 0 aliphatic rings. The monoisotopic (exact) mass is 358 g/mol. The molecule has 3 N–H and O–H groups in total. The third kappa shape index (κ3) is 3.43. The zero-order valence-corrected chi connectivity index (χ0v) is 15.1. The van der Waals surface area contributed by atoms with Crippen molar-refractivity contribution in [1.29, 1.82) is 0 Å². The Kier molecular flexibility index (Phi) is 4.37. The van der Waals surface area contributed by atoms with E-state index in [9.17, 15) is 0 Å². The molecule has 0 aliphatic heterocycles. The van der Waals surface area contributed by atoms with Gasteiger partial charge in [0.1, 0.15) is 0 Å². The summed E-state index contributed by atoms with van der Waals surface area (Å²) in [6.45, 7) is 1.95. The van der Waals surface area contributed by atoms with E-state index in [4.69, 9.17) is 5.73 Å². The zero-order chi connectivity index (χ0) is 17.9. The number of thiazole rings is 1. The zero-order valence-electron chi connectivity index (χ0n) is 14.3. The Balaban J connectivity index is 1.53. The second-order valence-corrected chi connectivity index (χ2v) is 6.89. The summed E-state index contributed by atoms with van der Waals surface area (Å²) in [6.07, 6.45) is 0. The lowest BCUT2D eigenvalue weighted by Crippen LogP contribution is -1.99. The first-order valence-corrected chi connectivity index (χ1v) is 9.18. The first-order chi connectivity index (χ1) is 12.7. The molecule has 0 saturated carbocycles. The summed E-state index contributed by atoms with van der Waals surface area (Å²) in [5.74, 6) is 0.